The first kappa shape index (κ1) is 14.4. The minimum Gasteiger partial charge on any atom is -0.375 e. The lowest BCUT2D eigenvalue weighted by Crippen LogP contribution is -2.29. The second-order valence-corrected chi connectivity index (χ2v) is 4.94. The third-order valence-corrected chi connectivity index (χ3v) is 3.38. The van der Waals surface area contributed by atoms with Crippen molar-refractivity contribution in [2.75, 3.05) is 11.9 Å². The van der Waals surface area contributed by atoms with E-state index in [0.29, 0.717) is 11.6 Å². The second kappa shape index (κ2) is 6.96. The summed E-state index contributed by atoms with van der Waals surface area (Å²) in [5.41, 5.74) is 3.06. The minimum atomic E-state index is -0.0619. The molecule has 3 nitrogen and oxygen atoms in total. The summed E-state index contributed by atoms with van der Waals surface area (Å²) in [5.74, 6) is -0.0619. The van der Waals surface area contributed by atoms with Crippen LogP contribution < -0.4 is 10.6 Å². The molecular weight excluding hydrogens is 272 g/mol. The Bertz CT molecular complexity index is 547. The third-order valence-electron chi connectivity index (χ3n) is 3.05. The van der Waals surface area contributed by atoms with Crippen LogP contribution in [0, 0.1) is 6.92 Å². The molecule has 2 aromatic rings. The van der Waals surface area contributed by atoms with Gasteiger partial charge in [-0.05, 0) is 30.2 Å². The minimum absolute atomic E-state index is 0.0619. The van der Waals surface area contributed by atoms with Gasteiger partial charge in [0, 0.05) is 6.54 Å². The largest absolute Gasteiger partial charge is 0.375 e. The van der Waals surface area contributed by atoms with E-state index in [0.717, 1.165) is 11.3 Å². The molecule has 2 aromatic carbocycles. The van der Waals surface area contributed by atoms with Gasteiger partial charge < -0.3 is 10.6 Å². The van der Waals surface area contributed by atoms with Gasteiger partial charge in [-0.25, -0.2) is 0 Å². The van der Waals surface area contributed by atoms with Crippen LogP contribution in [-0.4, -0.2) is 12.5 Å². The normalized spacial score (nSPS) is 10.1. The Morgan fingerprint density at radius 3 is 2.55 bits per heavy atom. The molecule has 0 aromatic heterocycles. The van der Waals surface area contributed by atoms with E-state index in [2.05, 4.69) is 10.6 Å². The molecule has 0 bridgehead atoms. The van der Waals surface area contributed by atoms with Crippen molar-refractivity contribution in [3.63, 3.8) is 0 Å². The van der Waals surface area contributed by atoms with Gasteiger partial charge in [0.05, 0.1) is 17.3 Å². The predicted molar refractivity (Wildman–Crippen MR) is 83.0 cm³/mol. The molecule has 104 valence electrons. The highest BCUT2D eigenvalue weighted by atomic mass is 35.5. The molecule has 0 aliphatic heterocycles. The number of nitrogens with one attached hydrogen (secondary N) is 2. The van der Waals surface area contributed by atoms with Crippen molar-refractivity contribution in [1.29, 1.82) is 0 Å². The number of para-hydroxylation sites is 1. The van der Waals surface area contributed by atoms with E-state index in [-0.39, 0.29) is 12.5 Å². The molecule has 0 spiro atoms. The number of hydrogen-bond donors (Lipinski definition) is 2. The van der Waals surface area contributed by atoms with Gasteiger partial charge >= 0.3 is 0 Å². The van der Waals surface area contributed by atoms with Gasteiger partial charge in [-0.15, -0.1) is 0 Å². The lowest BCUT2D eigenvalue weighted by molar-refractivity contribution is -0.119. The van der Waals surface area contributed by atoms with E-state index in [9.17, 15) is 4.79 Å². The fraction of sp³-hybridized carbons (Fsp3) is 0.188. The molecule has 2 N–H and O–H groups in total. The van der Waals surface area contributed by atoms with Gasteiger partial charge in [-0.1, -0.05) is 48.0 Å². The molecule has 1 amide bonds. The van der Waals surface area contributed by atoms with Crippen molar-refractivity contribution in [1.82, 2.24) is 5.32 Å². The first-order chi connectivity index (χ1) is 9.66. The molecule has 0 saturated carbocycles. The first-order valence-corrected chi connectivity index (χ1v) is 6.84. The van der Waals surface area contributed by atoms with Crippen LogP contribution in [-0.2, 0) is 11.3 Å². The number of halogens is 1. The van der Waals surface area contributed by atoms with Crippen LogP contribution in [0.1, 0.15) is 11.1 Å². The van der Waals surface area contributed by atoms with Crippen LogP contribution in [0.25, 0.3) is 0 Å². The Balaban J connectivity index is 1.82. The summed E-state index contributed by atoms with van der Waals surface area (Å²) >= 11 is 6.01. The van der Waals surface area contributed by atoms with Crippen LogP contribution >= 0.6 is 11.6 Å². The maximum absolute atomic E-state index is 11.8. The summed E-state index contributed by atoms with van der Waals surface area (Å²) in [6.45, 7) is 2.77. The summed E-state index contributed by atoms with van der Waals surface area (Å²) in [5, 5.41) is 6.51. The van der Waals surface area contributed by atoms with Gasteiger partial charge in [-0.3, -0.25) is 4.79 Å². The Morgan fingerprint density at radius 2 is 1.80 bits per heavy atom. The third kappa shape index (κ3) is 4.00. The van der Waals surface area contributed by atoms with E-state index in [1.54, 1.807) is 6.07 Å². The molecule has 0 radical (unpaired) electrons. The first-order valence-electron chi connectivity index (χ1n) is 6.46. The van der Waals surface area contributed by atoms with E-state index >= 15 is 0 Å². The number of hydrogen-bond acceptors (Lipinski definition) is 2. The van der Waals surface area contributed by atoms with Crippen molar-refractivity contribution in [2.45, 2.75) is 13.5 Å². The van der Waals surface area contributed by atoms with Crippen molar-refractivity contribution in [3.05, 3.63) is 64.7 Å². The summed E-state index contributed by atoms with van der Waals surface area (Å²) in [4.78, 5) is 11.8. The average molecular weight is 289 g/mol. The molecule has 0 aliphatic carbocycles. The Kier molecular flexibility index (Phi) is 5.02. The van der Waals surface area contributed by atoms with Gasteiger partial charge in [0.15, 0.2) is 0 Å². The highest BCUT2D eigenvalue weighted by Crippen LogP contribution is 2.19. The van der Waals surface area contributed by atoms with Crippen LogP contribution in [0.2, 0.25) is 5.02 Å². The number of aryl methyl sites for hydroxylation is 1. The monoisotopic (exact) mass is 288 g/mol. The topological polar surface area (TPSA) is 41.1 Å². The van der Waals surface area contributed by atoms with E-state index < -0.39 is 0 Å². The van der Waals surface area contributed by atoms with E-state index in [4.69, 9.17) is 11.6 Å². The molecule has 0 atom stereocenters. The van der Waals surface area contributed by atoms with Crippen LogP contribution in [0.15, 0.2) is 48.5 Å². The lowest BCUT2D eigenvalue weighted by Gasteiger charge is -2.10. The number of amides is 1. The van der Waals surface area contributed by atoms with Crippen molar-refractivity contribution >= 4 is 23.2 Å². The summed E-state index contributed by atoms with van der Waals surface area (Å²) < 4.78 is 0. The predicted octanol–water partition coefficient (Wildman–Crippen LogP) is 3.38. The zero-order valence-corrected chi connectivity index (χ0v) is 12.1. The molecule has 0 fully saturated rings. The van der Waals surface area contributed by atoms with Crippen LogP contribution in [0.5, 0.6) is 0 Å². The SMILES string of the molecule is Cc1ccccc1CNC(=O)CNc1ccccc1Cl. The van der Waals surface area contributed by atoms with Gasteiger partial charge in [-0.2, -0.15) is 0 Å². The highest BCUT2D eigenvalue weighted by molar-refractivity contribution is 6.33. The lowest BCUT2D eigenvalue weighted by atomic mass is 10.1. The maximum Gasteiger partial charge on any atom is 0.239 e. The molecule has 2 rings (SSSR count). The molecular formula is C16H17ClN2O. The summed E-state index contributed by atoms with van der Waals surface area (Å²) in [7, 11) is 0. The van der Waals surface area contributed by atoms with Crippen molar-refractivity contribution in [2.24, 2.45) is 0 Å². The standard InChI is InChI=1S/C16H17ClN2O/c1-12-6-2-3-7-13(12)10-19-16(20)11-18-15-9-5-4-8-14(15)17/h2-9,18H,10-11H2,1H3,(H,19,20). The van der Waals surface area contributed by atoms with Crippen molar-refractivity contribution in [3.8, 4) is 0 Å². The highest BCUT2D eigenvalue weighted by Gasteiger charge is 2.04. The fourth-order valence-corrected chi connectivity index (χ4v) is 2.05. The Labute approximate surface area is 124 Å². The van der Waals surface area contributed by atoms with Gasteiger partial charge in [0.25, 0.3) is 0 Å². The summed E-state index contributed by atoms with van der Waals surface area (Å²) in [6.07, 6.45) is 0. The fourth-order valence-electron chi connectivity index (χ4n) is 1.84. The zero-order valence-electron chi connectivity index (χ0n) is 11.3. The molecule has 0 heterocycles. The second-order valence-electron chi connectivity index (χ2n) is 4.54. The number of benzene rings is 2. The molecule has 0 saturated heterocycles. The molecule has 0 aliphatic rings. The Hall–Kier alpha value is -2.00. The van der Waals surface area contributed by atoms with Crippen LogP contribution in [0.3, 0.4) is 0 Å². The molecule has 4 heteroatoms. The maximum atomic E-state index is 11.8. The van der Waals surface area contributed by atoms with Crippen molar-refractivity contribution < 1.29 is 4.79 Å². The molecule has 20 heavy (non-hydrogen) atoms. The number of anilines is 1. The molecule has 0 unspecified atom stereocenters. The Morgan fingerprint density at radius 1 is 1.10 bits per heavy atom. The number of carbonyl (C=O) groups excluding carboxylic acids is 1. The van der Waals surface area contributed by atoms with E-state index in [1.165, 1.54) is 5.56 Å². The average Bonchev–Trinajstić information content (AvgIpc) is 2.45. The zero-order chi connectivity index (χ0) is 14.4. The van der Waals surface area contributed by atoms with Gasteiger partial charge in [0.1, 0.15) is 0 Å². The number of rotatable bonds is 5. The number of carbonyl (C=O) groups is 1. The smallest absolute Gasteiger partial charge is 0.239 e. The van der Waals surface area contributed by atoms with E-state index in [1.807, 2.05) is 49.4 Å². The quantitative estimate of drug-likeness (QED) is 0.885. The summed E-state index contributed by atoms with van der Waals surface area (Å²) in [6, 6.07) is 15.4. The van der Waals surface area contributed by atoms with Crippen LogP contribution in [0.4, 0.5) is 5.69 Å². The van der Waals surface area contributed by atoms with Gasteiger partial charge in [0.2, 0.25) is 5.91 Å².